The summed E-state index contributed by atoms with van der Waals surface area (Å²) in [5, 5.41) is 6.24. The van der Waals surface area contributed by atoms with Gasteiger partial charge in [0.05, 0.1) is 31.5 Å². The first-order valence-electron chi connectivity index (χ1n) is 9.42. The van der Waals surface area contributed by atoms with E-state index in [-0.39, 0.29) is 74.9 Å². The van der Waals surface area contributed by atoms with Gasteiger partial charge in [0.15, 0.2) is 0 Å². The normalized spacial score (nSPS) is 26.8. The fourth-order valence-corrected chi connectivity index (χ4v) is 3.23. The maximum absolute atomic E-state index is 12.4. The molecule has 0 aromatic rings. The summed E-state index contributed by atoms with van der Waals surface area (Å²) in [4.78, 5) is 37.7. The van der Waals surface area contributed by atoms with Crippen molar-refractivity contribution in [3.8, 4) is 0 Å². The van der Waals surface area contributed by atoms with Gasteiger partial charge < -0.3 is 19.5 Å². The molecular formula is C18H30N4O6. The fourth-order valence-electron chi connectivity index (χ4n) is 3.23. The van der Waals surface area contributed by atoms with Crippen LogP contribution >= 0.6 is 0 Å². The third kappa shape index (κ3) is 8.24. The molecule has 10 heteroatoms. The number of Topliss-reactive ketones (excluding diaryl/α,β-unsaturated/α-hetero) is 1. The number of hydrogen-bond donors (Lipinski definition) is 1. The summed E-state index contributed by atoms with van der Waals surface area (Å²) < 4.78 is 16.4. The Balaban J connectivity index is 2.67. The number of ketones is 1. The van der Waals surface area contributed by atoms with Crippen LogP contribution in [0, 0.1) is 11.8 Å². The fraction of sp³-hybridized carbons (Fsp3) is 0.833. The number of carbonyl (C=O) groups is 3. The topological polar surface area (TPSA) is 140 Å². The number of esters is 1. The van der Waals surface area contributed by atoms with Crippen LogP contribution in [0.2, 0.25) is 0 Å². The summed E-state index contributed by atoms with van der Waals surface area (Å²) in [5.41, 5.74) is 8.19. The molecular weight excluding hydrogens is 368 g/mol. The lowest BCUT2D eigenvalue weighted by Gasteiger charge is -2.44. The Labute approximate surface area is 164 Å². The van der Waals surface area contributed by atoms with Crippen molar-refractivity contribution in [2.24, 2.45) is 17.0 Å². The molecule has 1 N–H and O–H groups in total. The minimum Gasteiger partial charge on any atom is -0.463 e. The summed E-state index contributed by atoms with van der Waals surface area (Å²) in [6.45, 7) is 7.53. The van der Waals surface area contributed by atoms with Gasteiger partial charge in [-0.15, -0.1) is 0 Å². The van der Waals surface area contributed by atoms with Crippen molar-refractivity contribution < 1.29 is 28.6 Å². The van der Waals surface area contributed by atoms with Crippen LogP contribution in [-0.2, 0) is 28.6 Å². The Morgan fingerprint density at radius 1 is 1.14 bits per heavy atom. The molecule has 1 rings (SSSR count). The molecule has 0 saturated carbocycles. The molecule has 1 amide bonds. The Hall–Kier alpha value is -2.16. The predicted molar refractivity (Wildman–Crippen MR) is 100 cm³/mol. The van der Waals surface area contributed by atoms with E-state index in [0.717, 1.165) is 0 Å². The number of carbonyl (C=O) groups excluding carboxylic acids is 3. The molecule has 10 nitrogen and oxygen atoms in total. The van der Waals surface area contributed by atoms with Crippen molar-refractivity contribution in [2.75, 3.05) is 26.4 Å². The lowest BCUT2D eigenvalue weighted by molar-refractivity contribution is -0.167. The molecule has 158 valence electrons. The van der Waals surface area contributed by atoms with Crippen molar-refractivity contribution in [2.45, 2.75) is 58.8 Å². The molecule has 0 bridgehead atoms. The summed E-state index contributed by atoms with van der Waals surface area (Å²) >= 11 is 0. The minimum absolute atomic E-state index is 0.0339. The van der Waals surface area contributed by atoms with Crippen molar-refractivity contribution in [3.05, 3.63) is 10.4 Å². The number of azide groups is 1. The van der Waals surface area contributed by atoms with Gasteiger partial charge in [0.25, 0.3) is 0 Å². The van der Waals surface area contributed by atoms with Gasteiger partial charge in [-0.1, -0.05) is 19.0 Å². The first-order chi connectivity index (χ1) is 13.3. The zero-order valence-corrected chi connectivity index (χ0v) is 16.9. The van der Waals surface area contributed by atoms with E-state index >= 15 is 0 Å². The van der Waals surface area contributed by atoms with Crippen LogP contribution in [0.15, 0.2) is 5.11 Å². The zero-order chi connectivity index (χ0) is 21.1. The summed E-state index contributed by atoms with van der Waals surface area (Å²) in [6.07, 6.45) is -0.534. The Morgan fingerprint density at radius 3 is 2.46 bits per heavy atom. The number of nitrogens with zero attached hydrogens (tertiary/aromatic N) is 3. The second-order valence-corrected chi connectivity index (χ2v) is 7.02. The quantitative estimate of drug-likeness (QED) is 0.185. The standard InChI is InChI=1S/C18H30N4O6/c1-11-12(2)18(21-13(3)23)16(28-17(11)10-27-14(4)24)9-15(25)5-7-26-8-6-20-22-19/h11-12,16-18H,5-10H2,1-4H3,(H,21,23). The third-order valence-corrected chi connectivity index (χ3v) is 4.91. The van der Waals surface area contributed by atoms with Crippen LogP contribution < -0.4 is 5.32 Å². The molecule has 1 fully saturated rings. The van der Waals surface area contributed by atoms with Crippen molar-refractivity contribution in [3.63, 3.8) is 0 Å². The van der Waals surface area contributed by atoms with E-state index in [2.05, 4.69) is 15.3 Å². The molecule has 5 atom stereocenters. The van der Waals surface area contributed by atoms with E-state index in [4.69, 9.17) is 19.7 Å². The van der Waals surface area contributed by atoms with E-state index in [1.54, 1.807) is 0 Å². The van der Waals surface area contributed by atoms with E-state index in [1.807, 2.05) is 13.8 Å². The number of amides is 1. The molecule has 28 heavy (non-hydrogen) atoms. The number of hydrogen-bond acceptors (Lipinski definition) is 7. The SMILES string of the molecule is CC(=O)NC1C(CC(=O)CCOCCN=[N+]=[N-])OC(COC(C)=O)C(C)C1C. The van der Waals surface area contributed by atoms with Gasteiger partial charge in [-0.3, -0.25) is 14.4 Å². The first kappa shape index (κ1) is 23.9. The maximum Gasteiger partial charge on any atom is 0.302 e. The van der Waals surface area contributed by atoms with Crippen LogP contribution in [0.5, 0.6) is 0 Å². The Kier molecular flexibility index (Phi) is 10.5. The lowest BCUT2D eigenvalue weighted by Crippen LogP contribution is -2.58. The van der Waals surface area contributed by atoms with E-state index in [1.165, 1.54) is 13.8 Å². The Morgan fingerprint density at radius 2 is 1.86 bits per heavy atom. The highest BCUT2D eigenvalue weighted by molar-refractivity contribution is 5.79. The summed E-state index contributed by atoms with van der Waals surface area (Å²) in [6, 6.07) is -0.309. The largest absolute Gasteiger partial charge is 0.463 e. The molecule has 0 aromatic heterocycles. The van der Waals surface area contributed by atoms with Crippen LogP contribution in [-0.4, -0.2) is 62.3 Å². The predicted octanol–water partition coefficient (Wildman–Crippen LogP) is 1.77. The summed E-state index contributed by atoms with van der Waals surface area (Å²) in [5.74, 6) is -0.567. The molecule has 0 spiro atoms. The van der Waals surface area contributed by atoms with Crippen molar-refractivity contribution in [1.29, 1.82) is 0 Å². The van der Waals surface area contributed by atoms with Crippen molar-refractivity contribution in [1.82, 2.24) is 5.32 Å². The molecule has 5 unspecified atom stereocenters. The van der Waals surface area contributed by atoms with E-state index in [0.29, 0.717) is 0 Å². The molecule has 0 aliphatic carbocycles. The molecule has 1 saturated heterocycles. The number of nitrogens with one attached hydrogen (secondary N) is 1. The smallest absolute Gasteiger partial charge is 0.302 e. The second kappa shape index (κ2) is 12.3. The average Bonchev–Trinajstić information content (AvgIpc) is 2.62. The number of rotatable bonds is 11. The zero-order valence-electron chi connectivity index (χ0n) is 16.9. The highest BCUT2D eigenvalue weighted by Crippen LogP contribution is 2.32. The van der Waals surface area contributed by atoms with Gasteiger partial charge in [-0.25, -0.2) is 0 Å². The molecule has 1 aliphatic rings. The molecule has 1 heterocycles. The van der Waals surface area contributed by atoms with Crippen LogP contribution in [0.4, 0.5) is 0 Å². The number of ether oxygens (including phenoxy) is 3. The lowest BCUT2D eigenvalue weighted by atomic mass is 9.78. The van der Waals surface area contributed by atoms with E-state index in [9.17, 15) is 14.4 Å². The van der Waals surface area contributed by atoms with Gasteiger partial charge in [0, 0.05) is 38.1 Å². The van der Waals surface area contributed by atoms with Gasteiger partial charge in [-0.05, 0) is 17.4 Å². The van der Waals surface area contributed by atoms with E-state index < -0.39 is 12.1 Å². The highest BCUT2D eigenvalue weighted by Gasteiger charge is 2.42. The third-order valence-electron chi connectivity index (χ3n) is 4.91. The Bertz CT molecular complexity index is 591. The van der Waals surface area contributed by atoms with Gasteiger partial charge >= 0.3 is 5.97 Å². The van der Waals surface area contributed by atoms with Gasteiger partial charge in [0.2, 0.25) is 5.91 Å². The van der Waals surface area contributed by atoms with Gasteiger partial charge in [-0.2, -0.15) is 0 Å². The van der Waals surface area contributed by atoms with Gasteiger partial charge in [0.1, 0.15) is 12.4 Å². The van der Waals surface area contributed by atoms with Crippen molar-refractivity contribution >= 4 is 17.7 Å². The van der Waals surface area contributed by atoms with Crippen LogP contribution in [0.3, 0.4) is 0 Å². The average molecular weight is 398 g/mol. The molecule has 0 radical (unpaired) electrons. The first-order valence-corrected chi connectivity index (χ1v) is 9.42. The van der Waals surface area contributed by atoms with Crippen LogP contribution in [0.1, 0.15) is 40.5 Å². The van der Waals surface area contributed by atoms with Crippen LogP contribution in [0.25, 0.3) is 10.4 Å². The molecule has 0 aromatic carbocycles. The second-order valence-electron chi connectivity index (χ2n) is 7.02. The summed E-state index contributed by atoms with van der Waals surface area (Å²) in [7, 11) is 0. The minimum atomic E-state index is -0.508. The highest BCUT2D eigenvalue weighted by atomic mass is 16.6. The molecule has 1 aliphatic heterocycles. The maximum atomic E-state index is 12.4. The monoisotopic (exact) mass is 398 g/mol.